The molecule has 0 heterocycles. The molecule has 20 heavy (non-hydrogen) atoms. The lowest BCUT2D eigenvalue weighted by Crippen LogP contribution is -2.15. The van der Waals surface area contributed by atoms with Gasteiger partial charge in [0.15, 0.2) is 0 Å². The first-order valence-electron chi connectivity index (χ1n) is 6.34. The third kappa shape index (κ3) is 2.63. The van der Waals surface area contributed by atoms with Gasteiger partial charge < -0.3 is 11.1 Å². The number of benzene rings is 2. The largest absolute Gasteiger partial charge is 0.398 e. The van der Waals surface area contributed by atoms with Crippen molar-refractivity contribution in [3.05, 3.63) is 57.6 Å². The highest BCUT2D eigenvalue weighted by atomic mass is 35.5. The van der Waals surface area contributed by atoms with Gasteiger partial charge in [-0.05, 0) is 55.7 Å². The van der Waals surface area contributed by atoms with Crippen molar-refractivity contribution in [3.8, 4) is 0 Å². The Hall–Kier alpha value is -2.00. The van der Waals surface area contributed by atoms with Gasteiger partial charge in [-0.25, -0.2) is 0 Å². The standard InChI is InChI=1S/C16H17ClN2O/c1-9-7-8-14(18)11(3)15(9)19-16(20)12-5-4-6-13(17)10(12)2/h4-8H,18H2,1-3H3,(H,19,20). The average Bonchev–Trinajstić information content (AvgIpc) is 2.42. The van der Waals surface area contributed by atoms with E-state index in [0.29, 0.717) is 16.3 Å². The lowest BCUT2D eigenvalue weighted by molar-refractivity contribution is 0.102. The molecule has 0 aliphatic heterocycles. The molecule has 1 amide bonds. The van der Waals surface area contributed by atoms with E-state index >= 15 is 0 Å². The SMILES string of the molecule is Cc1ccc(N)c(C)c1NC(=O)c1cccc(Cl)c1C. The Morgan fingerprint density at radius 2 is 1.80 bits per heavy atom. The summed E-state index contributed by atoms with van der Waals surface area (Å²) in [6.45, 7) is 5.66. The Balaban J connectivity index is 2.38. The Kier molecular flexibility index (Phi) is 4.00. The Morgan fingerprint density at radius 3 is 2.50 bits per heavy atom. The highest BCUT2D eigenvalue weighted by molar-refractivity contribution is 6.32. The van der Waals surface area contributed by atoms with Crippen molar-refractivity contribution in [2.45, 2.75) is 20.8 Å². The molecular weight excluding hydrogens is 272 g/mol. The van der Waals surface area contributed by atoms with Crippen LogP contribution >= 0.6 is 11.6 Å². The van der Waals surface area contributed by atoms with Crippen molar-refractivity contribution < 1.29 is 4.79 Å². The number of nitrogens with two attached hydrogens (primary N) is 1. The summed E-state index contributed by atoms with van der Waals surface area (Å²) in [6, 6.07) is 9.02. The smallest absolute Gasteiger partial charge is 0.255 e. The van der Waals surface area contributed by atoms with Gasteiger partial charge in [0.1, 0.15) is 0 Å². The molecule has 2 aromatic rings. The van der Waals surface area contributed by atoms with Crippen LogP contribution in [0.1, 0.15) is 27.0 Å². The van der Waals surface area contributed by atoms with Crippen LogP contribution in [-0.2, 0) is 0 Å². The monoisotopic (exact) mass is 288 g/mol. The fourth-order valence-electron chi connectivity index (χ4n) is 2.09. The van der Waals surface area contributed by atoms with E-state index in [0.717, 1.165) is 22.4 Å². The van der Waals surface area contributed by atoms with Gasteiger partial charge in [0.25, 0.3) is 5.91 Å². The number of hydrogen-bond acceptors (Lipinski definition) is 2. The summed E-state index contributed by atoms with van der Waals surface area (Å²) in [6.07, 6.45) is 0. The maximum absolute atomic E-state index is 12.4. The quantitative estimate of drug-likeness (QED) is 0.818. The minimum Gasteiger partial charge on any atom is -0.398 e. The molecule has 0 aliphatic carbocycles. The van der Waals surface area contributed by atoms with Crippen LogP contribution in [0.5, 0.6) is 0 Å². The molecule has 0 unspecified atom stereocenters. The number of carbonyl (C=O) groups excluding carboxylic acids is 1. The first kappa shape index (κ1) is 14.4. The van der Waals surface area contributed by atoms with Crippen LogP contribution in [0, 0.1) is 20.8 Å². The van der Waals surface area contributed by atoms with Crippen LogP contribution < -0.4 is 11.1 Å². The minimum atomic E-state index is -0.179. The van der Waals surface area contributed by atoms with Crippen LogP contribution in [0.2, 0.25) is 5.02 Å². The number of anilines is 2. The molecule has 0 aliphatic rings. The Bertz CT molecular complexity index is 680. The van der Waals surface area contributed by atoms with Gasteiger partial charge >= 0.3 is 0 Å². The van der Waals surface area contributed by atoms with E-state index in [9.17, 15) is 4.79 Å². The second kappa shape index (κ2) is 5.55. The molecule has 0 fully saturated rings. The number of aryl methyl sites for hydroxylation is 1. The number of nitrogen functional groups attached to an aromatic ring is 1. The van der Waals surface area contributed by atoms with Crippen molar-refractivity contribution in [1.29, 1.82) is 0 Å². The predicted molar refractivity (Wildman–Crippen MR) is 84.5 cm³/mol. The van der Waals surface area contributed by atoms with Crippen molar-refractivity contribution in [2.24, 2.45) is 0 Å². The van der Waals surface area contributed by atoms with E-state index in [2.05, 4.69) is 5.32 Å². The second-order valence-electron chi connectivity index (χ2n) is 4.84. The molecule has 0 bridgehead atoms. The molecule has 3 nitrogen and oxygen atoms in total. The molecule has 0 atom stereocenters. The zero-order valence-electron chi connectivity index (χ0n) is 11.8. The molecular formula is C16H17ClN2O. The minimum absolute atomic E-state index is 0.179. The van der Waals surface area contributed by atoms with E-state index in [-0.39, 0.29) is 5.91 Å². The fraction of sp³-hybridized carbons (Fsp3) is 0.188. The van der Waals surface area contributed by atoms with Gasteiger partial charge in [0.05, 0.1) is 0 Å². The summed E-state index contributed by atoms with van der Waals surface area (Å²) in [5, 5.41) is 3.51. The fourth-order valence-corrected chi connectivity index (χ4v) is 2.26. The van der Waals surface area contributed by atoms with E-state index in [1.807, 2.05) is 32.9 Å². The Morgan fingerprint density at radius 1 is 1.10 bits per heavy atom. The van der Waals surface area contributed by atoms with Crippen molar-refractivity contribution in [3.63, 3.8) is 0 Å². The van der Waals surface area contributed by atoms with Gasteiger partial charge in [-0.3, -0.25) is 4.79 Å². The van der Waals surface area contributed by atoms with Crippen molar-refractivity contribution in [2.75, 3.05) is 11.1 Å². The summed E-state index contributed by atoms with van der Waals surface area (Å²) >= 11 is 6.05. The molecule has 0 saturated heterocycles. The van der Waals surface area contributed by atoms with Crippen LogP contribution in [-0.4, -0.2) is 5.91 Å². The average molecular weight is 289 g/mol. The van der Waals surface area contributed by atoms with E-state index in [4.69, 9.17) is 17.3 Å². The zero-order valence-corrected chi connectivity index (χ0v) is 12.5. The summed E-state index contributed by atoms with van der Waals surface area (Å²) in [5.41, 5.74) is 10.5. The summed E-state index contributed by atoms with van der Waals surface area (Å²) in [5.74, 6) is -0.179. The molecule has 0 radical (unpaired) electrons. The number of rotatable bonds is 2. The van der Waals surface area contributed by atoms with Crippen LogP contribution in [0.3, 0.4) is 0 Å². The highest BCUT2D eigenvalue weighted by Gasteiger charge is 2.14. The second-order valence-corrected chi connectivity index (χ2v) is 5.25. The molecule has 0 aromatic heterocycles. The number of nitrogens with one attached hydrogen (secondary N) is 1. The molecule has 3 N–H and O–H groups in total. The maximum Gasteiger partial charge on any atom is 0.255 e. The summed E-state index contributed by atoms with van der Waals surface area (Å²) in [4.78, 5) is 12.4. The van der Waals surface area contributed by atoms with Gasteiger partial charge in [0, 0.05) is 22.0 Å². The van der Waals surface area contributed by atoms with Crippen molar-refractivity contribution >= 4 is 28.9 Å². The molecule has 4 heteroatoms. The highest BCUT2D eigenvalue weighted by Crippen LogP contribution is 2.26. The lowest BCUT2D eigenvalue weighted by Gasteiger charge is -2.14. The molecule has 104 valence electrons. The number of hydrogen-bond donors (Lipinski definition) is 2. The predicted octanol–water partition coefficient (Wildman–Crippen LogP) is 4.10. The van der Waals surface area contributed by atoms with Gasteiger partial charge in [-0.1, -0.05) is 23.7 Å². The third-order valence-corrected chi connectivity index (χ3v) is 3.88. The number of amides is 1. The summed E-state index contributed by atoms with van der Waals surface area (Å²) < 4.78 is 0. The van der Waals surface area contributed by atoms with E-state index in [1.54, 1.807) is 18.2 Å². The van der Waals surface area contributed by atoms with Crippen molar-refractivity contribution in [1.82, 2.24) is 0 Å². The normalized spacial score (nSPS) is 10.4. The number of halogens is 1. The van der Waals surface area contributed by atoms with E-state index in [1.165, 1.54) is 0 Å². The van der Waals surface area contributed by atoms with Crippen LogP contribution in [0.4, 0.5) is 11.4 Å². The lowest BCUT2D eigenvalue weighted by atomic mass is 10.0. The van der Waals surface area contributed by atoms with Gasteiger partial charge in [0.2, 0.25) is 0 Å². The Labute approximate surface area is 123 Å². The molecule has 2 rings (SSSR count). The van der Waals surface area contributed by atoms with Gasteiger partial charge in [-0.2, -0.15) is 0 Å². The first-order valence-corrected chi connectivity index (χ1v) is 6.71. The van der Waals surface area contributed by atoms with E-state index < -0.39 is 0 Å². The van der Waals surface area contributed by atoms with Gasteiger partial charge in [-0.15, -0.1) is 0 Å². The number of carbonyl (C=O) groups is 1. The third-order valence-electron chi connectivity index (χ3n) is 3.47. The molecule has 0 spiro atoms. The summed E-state index contributed by atoms with van der Waals surface area (Å²) in [7, 11) is 0. The van der Waals surface area contributed by atoms with Crippen LogP contribution in [0.25, 0.3) is 0 Å². The topological polar surface area (TPSA) is 55.1 Å². The maximum atomic E-state index is 12.4. The zero-order chi connectivity index (χ0) is 14.9. The molecule has 2 aromatic carbocycles. The molecule has 0 saturated carbocycles. The van der Waals surface area contributed by atoms with Crippen LogP contribution in [0.15, 0.2) is 30.3 Å². The first-order chi connectivity index (χ1) is 9.41.